The van der Waals surface area contributed by atoms with Crippen molar-refractivity contribution in [2.75, 3.05) is 18.5 Å². The molecule has 3 N–H and O–H groups in total. The van der Waals surface area contributed by atoms with E-state index in [2.05, 4.69) is 20.4 Å². The van der Waals surface area contributed by atoms with Crippen LogP contribution in [0.25, 0.3) is 11.0 Å². The van der Waals surface area contributed by atoms with Crippen molar-refractivity contribution in [3.05, 3.63) is 47.9 Å². The highest BCUT2D eigenvalue weighted by atomic mass is 19.3. The molecule has 0 amide bonds. The lowest BCUT2D eigenvalue weighted by atomic mass is 10.1. The predicted octanol–water partition coefficient (Wildman–Crippen LogP) is 4.93. The largest absolute Gasteiger partial charge is 0.367 e. The lowest BCUT2D eigenvalue weighted by molar-refractivity contribution is -0.0391. The number of aromatic nitrogens is 4. The van der Waals surface area contributed by atoms with Gasteiger partial charge < -0.3 is 15.8 Å². The Morgan fingerprint density at radius 2 is 1.82 bits per heavy atom. The Hall–Kier alpha value is -2.65. The van der Waals surface area contributed by atoms with E-state index in [-0.39, 0.29) is 11.8 Å². The summed E-state index contributed by atoms with van der Waals surface area (Å²) in [5.74, 6) is -1.98. The van der Waals surface area contributed by atoms with Crippen LogP contribution in [0.1, 0.15) is 62.3 Å². The van der Waals surface area contributed by atoms with Gasteiger partial charge in [0.15, 0.2) is 5.65 Å². The summed E-state index contributed by atoms with van der Waals surface area (Å²) in [6.45, 7) is 2.03. The number of nitrogens with two attached hydrogens (primary N) is 1. The Morgan fingerprint density at radius 1 is 1.09 bits per heavy atom. The number of nitrogens with one attached hydrogen (secondary N) is 1. The van der Waals surface area contributed by atoms with Gasteiger partial charge in [-0.05, 0) is 39.0 Å². The smallest absolute Gasteiger partial charge is 0.285 e. The summed E-state index contributed by atoms with van der Waals surface area (Å²) in [4.78, 5) is 8.71. The first-order valence-corrected chi connectivity index (χ1v) is 11.7. The number of aryl methyl sites for hydroxylation is 1. The van der Waals surface area contributed by atoms with Crippen LogP contribution in [0.4, 0.5) is 14.6 Å². The molecule has 3 aromatic rings. The Bertz CT molecular complexity index is 1030. The maximum Gasteiger partial charge on any atom is 0.285 e. The predicted molar refractivity (Wildman–Crippen MR) is 124 cm³/mol. The molecule has 1 saturated heterocycles. The average molecular weight is 459 g/mol. The Labute approximate surface area is 192 Å². The third-order valence-electron chi connectivity index (χ3n) is 6.21. The van der Waals surface area contributed by atoms with Crippen LogP contribution < -0.4 is 11.1 Å². The van der Waals surface area contributed by atoms with Crippen molar-refractivity contribution >= 4 is 16.9 Å². The first-order valence-electron chi connectivity index (χ1n) is 11.7. The molecule has 3 heterocycles. The molecule has 0 radical (unpaired) electrons. The minimum Gasteiger partial charge on any atom is -0.367 e. The van der Waals surface area contributed by atoms with Gasteiger partial charge >= 0.3 is 0 Å². The van der Waals surface area contributed by atoms with Gasteiger partial charge in [0.1, 0.15) is 18.4 Å². The number of ether oxygens (including phenoxy) is 1. The van der Waals surface area contributed by atoms with Crippen LogP contribution in [0, 0.1) is 6.92 Å². The van der Waals surface area contributed by atoms with Gasteiger partial charge in [-0.15, -0.1) is 5.10 Å². The number of nitrogens with zero attached hydrogens (tertiary/aromatic N) is 4. The Morgan fingerprint density at radius 3 is 2.48 bits per heavy atom. The van der Waals surface area contributed by atoms with E-state index < -0.39 is 12.5 Å². The summed E-state index contributed by atoms with van der Waals surface area (Å²) in [6, 6.07) is 6.65. The summed E-state index contributed by atoms with van der Waals surface area (Å²) >= 11 is 0. The number of alkyl halides is 2. The van der Waals surface area contributed by atoms with Gasteiger partial charge in [0.2, 0.25) is 0 Å². The molecule has 33 heavy (non-hydrogen) atoms. The van der Waals surface area contributed by atoms with Crippen molar-refractivity contribution in [3.63, 3.8) is 0 Å². The number of halogens is 2. The lowest BCUT2D eigenvalue weighted by Crippen LogP contribution is -2.24. The molecule has 2 aliphatic rings. The molecule has 7 nitrogen and oxygen atoms in total. The van der Waals surface area contributed by atoms with Crippen molar-refractivity contribution in [3.8, 4) is 0 Å². The quantitative estimate of drug-likeness (QED) is 0.564. The Kier molecular flexibility index (Phi) is 7.49. The average Bonchev–Trinajstić information content (AvgIpc) is 3.51. The summed E-state index contributed by atoms with van der Waals surface area (Å²) in [5, 5.41) is 9.13. The topological polar surface area (TPSA) is 90.9 Å². The number of fused-ring (bicyclic) bond motifs is 1. The van der Waals surface area contributed by atoms with E-state index in [0.717, 1.165) is 41.9 Å². The minimum absolute atomic E-state index is 0.0180. The molecule has 1 unspecified atom stereocenters. The first-order chi connectivity index (χ1) is 16.0. The fourth-order valence-electron chi connectivity index (χ4n) is 4.23. The Balaban J connectivity index is 0.000000185. The molecule has 1 atom stereocenters. The van der Waals surface area contributed by atoms with Crippen LogP contribution >= 0.6 is 0 Å². The van der Waals surface area contributed by atoms with E-state index in [0.29, 0.717) is 6.04 Å². The number of hydrogen-bond acceptors (Lipinski definition) is 6. The highest BCUT2D eigenvalue weighted by molar-refractivity contribution is 5.85. The SMILES string of the molecule is Cc1ccc(C(F)(F)CN)cc1.c1nc(NC2CCCC2)c2cn(C3CCCCO3)nc2n1. The highest BCUT2D eigenvalue weighted by Crippen LogP contribution is 2.28. The van der Waals surface area contributed by atoms with E-state index in [1.165, 1.54) is 44.2 Å². The van der Waals surface area contributed by atoms with Gasteiger partial charge in [0.25, 0.3) is 5.92 Å². The molecule has 1 aliphatic heterocycles. The van der Waals surface area contributed by atoms with Crippen molar-refractivity contribution in [2.45, 2.75) is 70.1 Å². The van der Waals surface area contributed by atoms with E-state index >= 15 is 0 Å². The molecule has 2 aromatic heterocycles. The molecule has 0 bridgehead atoms. The molecule has 178 valence electrons. The molecule has 1 aliphatic carbocycles. The normalized spacial score (nSPS) is 19.3. The zero-order valence-electron chi connectivity index (χ0n) is 19.0. The van der Waals surface area contributed by atoms with Crippen molar-refractivity contribution in [1.82, 2.24) is 19.7 Å². The van der Waals surface area contributed by atoms with Crippen LogP contribution in [-0.4, -0.2) is 38.9 Å². The molecule has 9 heteroatoms. The standard InChI is InChI=1S/C15H21N5O.C9H11F2N/c1-2-6-11(5-1)18-14-12-9-20(13-7-3-4-8-21-13)19-15(12)17-10-16-14;1-7-2-4-8(5-3-7)9(10,11)6-12/h9-11,13H,1-8H2,(H,16,17,18,19);2-5H,6,12H2,1H3. The van der Waals surface area contributed by atoms with Crippen LogP contribution in [0.5, 0.6) is 0 Å². The molecule has 1 saturated carbocycles. The fraction of sp³-hybridized carbons (Fsp3) is 0.542. The maximum atomic E-state index is 12.9. The van der Waals surface area contributed by atoms with Crippen LogP contribution in [0.3, 0.4) is 0 Å². The summed E-state index contributed by atoms with van der Waals surface area (Å²) < 4.78 is 33.5. The van der Waals surface area contributed by atoms with Gasteiger partial charge in [-0.1, -0.05) is 42.7 Å². The third-order valence-corrected chi connectivity index (χ3v) is 6.21. The zero-order valence-corrected chi connectivity index (χ0v) is 19.0. The zero-order chi connectivity index (χ0) is 23.3. The number of hydrogen-bond donors (Lipinski definition) is 2. The van der Waals surface area contributed by atoms with E-state index in [9.17, 15) is 8.78 Å². The van der Waals surface area contributed by atoms with Gasteiger partial charge in [0.05, 0.1) is 11.9 Å². The van der Waals surface area contributed by atoms with E-state index in [4.69, 9.17) is 10.5 Å². The second kappa shape index (κ2) is 10.5. The molecular weight excluding hydrogens is 426 g/mol. The summed E-state index contributed by atoms with van der Waals surface area (Å²) in [7, 11) is 0. The minimum atomic E-state index is -2.90. The summed E-state index contributed by atoms with van der Waals surface area (Å²) in [5.41, 5.74) is 6.62. The van der Waals surface area contributed by atoms with Crippen LogP contribution in [-0.2, 0) is 10.7 Å². The molecule has 1 aromatic carbocycles. The first kappa shape index (κ1) is 23.5. The second-order valence-electron chi connectivity index (χ2n) is 8.79. The van der Waals surface area contributed by atoms with Crippen molar-refractivity contribution in [1.29, 1.82) is 0 Å². The molecular formula is C24H32F2N6O. The van der Waals surface area contributed by atoms with Gasteiger partial charge in [0, 0.05) is 24.4 Å². The maximum absolute atomic E-state index is 12.9. The monoisotopic (exact) mass is 458 g/mol. The van der Waals surface area contributed by atoms with E-state index in [1.54, 1.807) is 18.5 Å². The highest BCUT2D eigenvalue weighted by Gasteiger charge is 2.28. The molecule has 2 fully saturated rings. The van der Waals surface area contributed by atoms with Gasteiger partial charge in [-0.25, -0.2) is 14.6 Å². The van der Waals surface area contributed by atoms with Crippen LogP contribution in [0.2, 0.25) is 0 Å². The third kappa shape index (κ3) is 5.83. The molecule has 5 rings (SSSR count). The van der Waals surface area contributed by atoms with Gasteiger partial charge in [-0.2, -0.15) is 8.78 Å². The van der Waals surface area contributed by atoms with Crippen LogP contribution in [0.15, 0.2) is 36.8 Å². The molecule has 0 spiro atoms. The van der Waals surface area contributed by atoms with Crippen molar-refractivity contribution < 1.29 is 13.5 Å². The van der Waals surface area contributed by atoms with Crippen molar-refractivity contribution in [2.24, 2.45) is 5.73 Å². The van der Waals surface area contributed by atoms with Gasteiger partial charge in [-0.3, -0.25) is 0 Å². The number of rotatable bonds is 5. The lowest BCUT2D eigenvalue weighted by Gasteiger charge is -2.22. The van der Waals surface area contributed by atoms with E-state index in [1.807, 2.05) is 17.8 Å². The number of benzene rings is 1. The summed E-state index contributed by atoms with van der Waals surface area (Å²) in [6.07, 6.45) is 12.1. The number of anilines is 1. The fourth-order valence-corrected chi connectivity index (χ4v) is 4.23. The second-order valence-corrected chi connectivity index (χ2v) is 8.79.